The Labute approximate surface area is 81.1 Å². The molecule has 1 aromatic rings. The van der Waals surface area contributed by atoms with Gasteiger partial charge < -0.3 is 0 Å². The summed E-state index contributed by atoms with van der Waals surface area (Å²) in [4.78, 5) is 10.9. The molecule has 0 spiro atoms. The second-order valence-corrected chi connectivity index (χ2v) is 3.38. The van der Waals surface area contributed by atoms with Crippen molar-refractivity contribution in [3.8, 4) is 0 Å². The Morgan fingerprint density at radius 3 is 2.77 bits per heavy atom. The van der Waals surface area contributed by atoms with Crippen LogP contribution in [0.2, 0.25) is 5.02 Å². The van der Waals surface area contributed by atoms with Crippen LogP contribution >= 0.6 is 11.6 Å². The number of halogens is 1. The van der Waals surface area contributed by atoms with E-state index in [0.717, 1.165) is 5.56 Å². The molecule has 0 saturated carbocycles. The molecule has 1 fully saturated rings. The van der Waals surface area contributed by atoms with Gasteiger partial charge in [0.25, 0.3) is 0 Å². The van der Waals surface area contributed by atoms with Gasteiger partial charge in [0, 0.05) is 11.4 Å². The molecule has 1 amide bonds. The van der Waals surface area contributed by atoms with Crippen LogP contribution in [-0.2, 0) is 4.79 Å². The maximum atomic E-state index is 10.9. The van der Waals surface area contributed by atoms with E-state index in [2.05, 4.69) is 10.9 Å². The van der Waals surface area contributed by atoms with Gasteiger partial charge in [0.15, 0.2) is 0 Å². The van der Waals surface area contributed by atoms with E-state index < -0.39 is 0 Å². The average Bonchev–Trinajstić information content (AvgIpc) is 2.53. The fourth-order valence-corrected chi connectivity index (χ4v) is 1.67. The molecule has 2 rings (SSSR count). The van der Waals surface area contributed by atoms with E-state index in [1.54, 1.807) is 0 Å². The highest BCUT2D eigenvalue weighted by atomic mass is 35.5. The highest BCUT2D eigenvalue weighted by Gasteiger charge is 2.23. The highest BCUT2D eigenvalue weighted by molar-refractivity contribution is 6.31. The van der Waals surface area contributed by atoms with Gasteiger partial charge in [0.05, 0.1) is 6.04 Å². The normalized spacial score (nSPS) is 21.6. The predicted molar refractivity (Wildman–Crippen MR) is 50.1 cm³/mol. The van der Waals surface area contributed by atoms with E-state index in [9.17, 15) is 4.79 Å². The Morgan fingerprint density at radius 1 is 1.38 bits per heavy atom. The standard InChI is InChI=1S/C9H9ClN2O/c10-7-4-2-1-3-6(7)8-5-9(13)12-11-8/h1-4,8,11H,5H2,(H,12,13). The van der Waals surface area contributed by atoms with Crippen LogP contribution in [0.5, 0.6) is 0 Å². The highest BCUT2D eigenvalue weighted by Crippen LogP contribution is 2.26. The molecular weight excluding hydrogens is 188 g/mol. The van der Waals surface area contributed by atoms with Crippen LogP contribution in [-0.4, -0.2) is 5.91 Å². The van der Waals surface area contributed by atoms with Crippen molar-refractivity contribution in [2.24, 2.45) is 0 Å². The third-order valence-corrected chi connectivity index (χ3v) is 2.40. The number of amides is 1. The molecule has 0 aromatic heterocycles. The fourth-order valence-electron chi connectivity index (χ4n) is 1.40. The van der Waals surface area contributed by atoms with Gasteiger partial charge in [-0.05, 0) is 11.6 Å². The smallest absolute Gasteiger partial charge is 0.236 e. The summed E-state index contributed by atoms with van der Waals surface area (Å²) in [5.41, 5.74) is 6.39. The summed E-state index contributed by atoms with van der Waals surface area (Å²) in [6.07, 6.45) is 0.448. The van der Waals surface area contributed by atoms with Gasteiger partial charge >= 0.3 is 0 Å². The molecule has 1 aliphatic heterocycles. The van der Waals surface area contributed by atoms with Gasteiger partial charge in [-0.1, -0.05) is 29.8 Å². The summed E-state index contributed by atoms with van der Waals surface area (Å²) in [5, 5.41) is 0.691. The maximum Gasteiger partial charge on any atom is 0.236 e. The Kier molecular flexibility index (Phi) is 2.20. The Hall–Kier alpha value is -1.06. The minimum atomic E-state index is 0.00111. The topological polar surface area (TPSA) is 41.1 Å². The number of hydrogen-bond donors (Lipinski definition) is 2. The lowest BCUT2D eigenvalue weighted by atomic mass is 10.1. The first-order valence-corrected chi connectivity index (χ1v) is 4.44. The van der Waals surface area contributed by atoms with Crippen LogP contribution in [0.3, 0.4) is 0 Å². The van der Waals surface area contributed by atoms with Gasteiger partial charge in [0.1, 0.15) is 0 Å². The lowest BCUT2D eigenvalue weighted by Gasteiger charge is -2.09. The monoisotopic (exact) mass is 196 g/mol. The van der Waals surface area contributed by atoms with Crippen molar-refractivity contribution < 1.29 is 4.79 Å². The van der Waals surface area contributed by atoms with E-state index in [4.69, 9.17) is 11.6 Å². The van der Waals surface area contributed by atoms with Crippen molar-refractivity contribution >= 4 is 17.5 Å². The molecule has 3 nitrogen and oxygen atoms in total. The Morgan fingerprint density at radius 2 is 2.15 bits per heavy atom. The number of hydrogen-bond acceptors (Lipinski definition) is 2. The van der Waals surface area contributed by atoms with Crippen LogP contribution < -0.4 is 10.9 Å². The fraction of sp³-hybridized carbons (Fsp3) is 0.222. The molecule has 1 aromatic carbocycles. The summed E-state index contributed by atoms with van der Waals surface area (Å²) in [6.45, 7) is 0. The second-order valence-electron chi connectivity index (χ2n) is 2.97. The minimum absolute atomic E-state index is 0.00111. The van der Waals surface area contributed by atoms with E-state index in [-0.39, 0.29) is 11.9 Å². The first kappa shape index (κ1) is 8.53. The molecule has 13 heavy (non-hydrogen) atoms. The average molecular weight is 197 g/mol. The second kappa shape index (κ2) is 3.36. The van der Waals surface area contributed by atoms with Gasteiger partial charge in [-0.3, -0.25) is 10.2 Å². The molecular formula is C9H9ClN2O. The first-order chi connectivity index (χ1) is 6.27. The molecule has 1 unspecified atom stereocenters. The van der Waals surface area contributed by atoms with E-state index in [0.29, 0.717) is 11.4 Å². The Balaban J connectivity index is 2.26. The van der Waals surface area contributed by atoms with Crippen LogP contribution in [0.1, 0.15) is 18.0 Å². The van der Waals surface area contributed by atoms with Gasteiger partial charge in [-0.2, -0.15) is 0 Å². The van der Waals surface area contributed by atoms with Crippen molar-refractivity contribution in [1.29, 1.82) is 0 Å². The largest absolute Gasteiger partial charge is 0.291 e. The zero-order chi connectivity index (χ0) is 9.26. The van der Waals surface area contributed by atoms with E-state index in [1.807, 2.05) is 24.3 Å². The summed E-state index contributed by atoms with van der Waals surface area (Å²) in [7, 11) is 0. The van der Waals surface area contributed by atoms with E-state index in [1.165, 1.54) is 0 Å². The number of rotatable bonds is 1. The molecule has 4 heteroatoms. The van der Waals surface area contributed by atoms with Crippen molar-refractivity contribution in [2.45, 2.75) is 12.5 Å². The summed E-state index contributed by atoms with van der Waals surface area (Å²) in [5.74, 6) is 0.00456. The van der Waals surface area contributed by atoms with Crippen molar-refractivity contribution in [3.05, 3.63) is 34.9 Å². The summed E-state index contributed by atoms with van der Waals surface area (Å²) >= 11 is 5.97. The third kappa shape index (κ3) is 1.66. The lowest BCUT2D eigenvalue weighted by molar-refractivity contribution is -0.119. The molecule has 1 aliphatic rings. The predicted octanol–water partition coefficient (Wildman–Crippen LogP) is 1.41. The molecule has 0 aliphatic carbocycles. The Bertz CT molecular complexity index is 340. The third-order valence-electron chi connectivity index (χ3n) is 2.06. The molecule has 68 valence electrons. The SMILES string of the molecule is O=C1CC(c2ccccc2Cl)NN1. The lowest BCUT2D eigenvalue weighted by Crippen LogP contribution is -2.27. The van der Waals surface area contributed by atoms with Gasteiger partial charge in [-0.25, -0.2) is 5.43 Å². The number of carbonyl (C=O) groups is 1. The zero-order valence-electron chi connectivity index (χ0n) is 6.88. The molecule has 1 saturated heterocycles. The summed E-state index contributed by atoms with van der Waals surface area (Å²) < 4.78 is 0. The maximum absolute atomic E-state index is 10.9. The van der Waals surface area contributed by atoms with Crippen molar-refractivity contribution in [3.63, 3.8) is 0 Å². The number of nitrogens with one attached hydrogen (secondary N) is 2. The zero-order valence-corrected chi connectivity index (χ0v) is 7.64. The van der Waals surface area contributed by atoms with Crippen LogP contribution in [0.25, 0.3) is 0 Å². The molecule has 1 heterocycles. The number of hydrazine groups is 1. The van der Waals surface area contributed by atoms with Crippen LogP contribution in [0.4, 0.5) is 0 Å². The van der Waals surface area contributed by atoms with E-state index >= 15 is 0 Å². The van der Waals surface area contributed by atoms with Crippen LogP contribution in [0, 0.1) is 0 Å². The first-order valence-electron chi connectivity index (χ1n) is 4.06. The van der Waals surface area contributed by atoms with Crippen molar-refractivity contribution in [1.82, 2.24) is 10.9 Å². The molecule has 2 N–H and O–H groups in total. The quantitative estimate of drug-likeness (QED) is 0.713. The van der Waals surface area contributed by atoms with Gasteiger partial charge in [0.2, 0.25) is 5.91 Å². The molecule has 1 atom stereocenters. The number of benzene rings is 1. The van der Waals surface area contributed by atoms with Crippen LogP contribution in [0.15, 0.2) is 24.3 Å². The molecule has 0 bridgehead atoms. The molecule has 0 radical (unpaired) electrons. The summed E-state index contributed by atoms with van der Waals surface area (Å²) in [6, 6.07) is 7.52. The number of carbonyl (C=O) groups excluding carboxylic acids is 1. The van der Waals surface area contributed by atoms with Gasteiger partial charge in [-0.15, -0.1) is 0 Å². The van der Waals surface area contributed by atoms with Crippen molar-refractivity contribution in [2.75, 3.05) is 0 Å². The minimum Gasteiger partial charge on any atom is -0.291 e.